The van der Waals surface area contributed by atoms with Crippen molar-refractivity contribution in [1.29, 1.82) is 0 Å². The average molecular weight is 307 g/mol. The highest BCUT2D eigenvalue weighted by atomic mass is 32.2. The summed E-state index contributed by atoms with van der Waals surface area (Å²) in [7, 11) is -1.49. The first kappa shape index (κ1) is 17.4. The maximum atomic E-state index is 11.7. The van der Waals surface area contributed by atoms with E-state index in [0.29, 0.717) is 39.1 Å². The second-order valence-electron chi connectivity index (χ2n) is 4.81. The minimum absolute atomic E-state index is 0.0575. The standard InChI is InChI=1S/C12H25N3O4S/c1-3-20(17,18)15-7-4-11(5-8-15)14-12(16)10-13-6-9-19-2/h11,13H,3-10H2,1-2H3,(H,14,16). The molecule has 1 heterocycles. The number of hydrogen-bond donors (Lipinski definition) is 2. The van der Waals surface area contributed by atoms with Gasteiger partial charge in [0, 0.05) is 32.8 Å². The van der Waals surface area contributed by atoms with Crippen LogP contribution >= 0.6 is 0 Å². The molecule has 1 rings (SSSR count). The van der Waals surface area contributed by atoms with E-state index in [1.54, 1.807) is 14.0 Å². The van der Waals surface area contributed by atoms with Crippen LogP contribution in [0.5, 0.6) is 0 Å². The SMILES string of the molecule is CCS(=O)(=O)N1CCC(NC(=O)CNCCOC)CC1. The van der Waals surface area contributed by atoms with Crippen molar-refractivity contribution in [1.82, 2.24) is 14.9 Å². The Morgan fingerprint density at radius 1 is 1.35 bits per heavy atom. The number of hydrogen-bond acceptors (Lipinski definition) is 5. The molecule has 0 aromatic carbocycles. The highest BCUT2D eigenvalue weighted by Gasteiger charge is 2.27. The Kier molecular flexibility index (Phi) is 7.42. The Morgan fingerprint density at radius 2 is 2.00 bits per heavy atom. The largest absolute Gasteiger partial charge is 0.383 e. The Hall–Kier alpha value is -0.700. The van der Waals surface area contributed by atoms with Crippen LogP contribution in [0.25, 0.3) is 0 Å². The summed E-state index contributed by atoms with van der Waals surface area (Å²) in [5, 5.41) is 5.90. The lowest BCUT2D eigenvalue weighted by Crippen LogP contribution is -2.48. The lowest BCUT2D eigenvalue weighted by atomic mass is 10.1. The molecule has 118 valence electrons. The van der Waals surface area contributed by atoms with Crippen molar-refractivity contribution in [2.75, 3.05) is 45.6 Å². The van der Waals surface area contributed by atoms with E-state index in [1.807, 2.05) is 0 Å². The zero-order chi connectivity index (χ0) is 15.0. The van der Waals surface area contributed by atoms with Crippen molar-refractivity contribution in [2.24, 2.45) is 0 Å². The Morgan fingerprint density at radius 3 is 2.55 bits per heavy atom. The van der Waals surface area contributed by atoms with Crippen LogP contribution in [0.15, 0.2) is 0 Å². The zero-order valence-corrected chi connectivity index (χ0v) is 13.0. The number of rotatable bonds is 8. The molecule has 1 aliphatic heterocycles. The van der Waals surface area contributed by atoms with Crippen molar-refractivity contribution in [3.8, 4) is 0 Å². The molecule has 0 radical (unpaired) electrons. The van der Waals surface area contributed by atoms with Crippen molar-refractivity contribution in [2.45, 2.75) is 25.8 Å². The summed E-state index contributed by atoms with van der Waals surface area (Å²) < 4.78 is 29.8. The molecule has 0 atom stereocenters. The van der Waals surface area contributed by atoms with Gasteiger partial charge in [0.05, 0.1) is 18.9 Å². The van der Waals surface area contributed by atoms with Gasteiger partial charge in [0.25, 0.3) is 0 Å². The number of sulfonamides is 1. The van der Waals surface area contributed by atoms with Gasteiger partial charge in [-0.25, -0.2) is 12.7 Å². The monoisotopic (exact) mass is 307 g/mol. The Balaban J connectivity index is 2.23. The molecule has 0 unspecified atom stereocenters. The average Bonchev–Trinajstić information content (AvgIpc) is 2.44. The van der Waals surface area contributed by atoms with Crippen molar-refractivity contribution in [3.63, 3.8) is 0 Å². The van der Waals surface area contributed by atoms with E-state index in [1.165, 1.54) is 4.31 Å². The first-order valence-corrected chi connectivity index (χ1v) is 8.57. The van der Waals surface area contributed by atoms with E-state index < -0.39 is 10.0 Å². The molecular formula is C12H25N3O4S. The van der Waals surface area contributed by atoms with Gasteiger partial charge in [-0.1, -0.05) is 0 Å². The number of ether oxygens (including phenoxy) is 1. The van der Waals surface area contributed by atoms with Gasteiger partial charge in [0.15, 0.2) is 0 Å². The third-order valence-corrected chi connectivity index (χ3v) is 5.23. The van der Waals surface area contributed by atoms with Gasteiger partial charge in [-0.3, -0.25) is 4.79 Å². The van der Waals surface area contributed by atoms with Crippen LogP contribution in [0, 0.1) is 0 Å². The van der Waals surface area contributed by atoms with Crippen molar-refractivity contribution in [3.05, 3.63) is 0 Å². The van der Waals surface area contributed by atoms with Crippen molar-refractivity contribution < 1.29 is 17.9 Å². The maximum absolute atomic E-state index is 11.7. The van der Waals surface area contributed by atoms with Gasteiger partial charge < -0.3 is 15.4 Å². The number of methoxy groups -OCH3 is 1. The molecule has 0 aliphatic carbocycles. The lowest BCUT2D eigenvalue weighted by Gasteiger charge is -2.31. The first-order valence-electron chi connectivity index (χ1n) is 6.96. The summed E-state index contributed by atoms with van der Waals surface area (Å²) in [4.78, 5) is 11.7. The van der Waals surface area contributed by atoms with Gasteiger partial charge in [-0.2, -0.15) is 0 Å². The second kappa shape index (κ2) is 8.56. The summed E-state index contributed by atoms with van der Waals surface area (Å²) in [5.74, 6) is 0.0749. The predicted molar refractivity (Wildman–Crippen MR) is 76.9 cm³/mol. The van der Waals surface area contributed by atoms with E-state index in [2.05, 4.69) is 10.6 Å². The third kappa shape index (κ3) is 5.74. The molecule has 0 bridgehead atoms. The van der Waals surface area contributed by atoms with E-state index in [4.69, 9.17) is 4.74 Å². The Bertz CT molecular complexity index is 392. The molecule has 1 fully saturated rings. The van der Waals surface area contributed by atoms with Gasteiger partial charge in [-0.15, -0.1) is 0 Å². The fourth-order valence-corrected chi connectivity index (χ4v) is 3.25. The molecule has 2 N–H and O–H groups in total. The summed E-state index contributed by atoms with van der Waals surface area (Å²) in [6.45, 7) is 4.08. The van der Waals surface area contributed by atoms with E-state index in [0.717, 1.165) is 0 Å². The quantitative estimate of drug-likeness (QED) is 0.571. The molecule has 1 aliphatic rings. The smallest absolute Gasteiger partial charge is 0.234 e. The maximum Gasteiger partial charge on any atom is 0.234 e. The fourth-order valence-electron chi connectivity index (χ4n) is 2.12. The number of nitrogens with zero attached hydrogens (tertiary/aromatic N) is 1. The van der Waals surface area contributed by atoms with Crippen LogP contribution in [-0.2, 0) is 19.6 Å². The molecule has 0 aromatic heterocycles. The lowest BCUT2D eigenvalue weighted by molar-refractivity contribution is -0.121. The molecule has 1 amide bonds. The van der Waals surface area contributed by atoms with Crippen LogP contribution in [0.2, 0.25) is 0 Å². The number of amides is 1. The summed E-state index contributed by atoms with van der Waals surface area (Å²) >= 11 is 0. The first-order chi connectivity index (χ1) is 9.49. The number of piperidine rings is 1. The highest BCUT2D eigenvalue weighted by molar-refractivity contribution is 7.89. The van der Waals surface area contributed by atoms with Crippen LogP contribution in [0.3, 0.4) is 0 Å². The summed E-state index contributed by atoms with van der Waals surface area (Å²) in [6, 6.07) is 0.0648. The number of nitrogens with one attached hydrogen (secondary N) is 2. The molecule has 20 heavy (non-hydrogen) atoms. The van der Waals surface area contributed by atoms with Gasteiger partial charge >= 0.3 is 0 Å². The Labute approximate surface area is 121 Å². The molecule has 0 aromatic rings. The molecule has 0 spiro atoms. The number of carbonyl (C=O) groups is 1. The normalized spacial score (nSPS) is 18.1. The summed E-state index contributed by atoms with van der Waals surface area (Å²) in [5.41, 5.74) is 0. The minimum atomic E-state index is -3.10. The van der Waals surface area contributed by atoms with Crippen LogP contribution in [-0.4, -0.2) is 70.3 Å². The predicted octanol–water partition coefficient (Wildman–Crippen LogP) is -0.847. The van der Waals surface area contributed by atoms with Crippen LogP contribution < -0.4 is 10.6 Å². The van der Waals surface area contributed by atoms with Crippen LogP contribution in [0.1, 0.15) is 19.8 Å². The van der Waals surface area contributed by atoms with Gasteiger partial charge in [0.1, 0.15) is 0 Å². The molecule has 0 saturated carbocycles. The molecule has 7 nitrogen and oxygen atoms in total. The van der Waals surface area contributed by atoms with E-state index in [9.17, 15) is 13.2 Å². The topological polar surface area (TPSA) is 87.7 Å². The fraction of sp³-hybridized carbons (Fsp3) is 0.917. The van der Waals surface area contributed by atoms with Crippen LogP contribution in [0.4, 0.5) is 0 Å². The van der Waals surface area contributed by atoms with Gasteiger partial charge in [0.2, 0.25) is 15.9 Å². The van der Waals surface area contributed by atoms with E-state index >= 15 is 0 Å². The highest BCUT2D eigenvalue weighted by Crippen LogP contribution is 2.14. The second-order valence-corrected chi connectivity index (χ2v) is 7.07. The molecular weight excluding hydrogens is 282 g/mol. The molecule has 8 heteroatoms. The minimum Gasteiger partial charge on any atom is -0.383 e. The molecule has 1 saturated heterocycles. The van der Waals surface area contributed by atoms with Gasteiger partial charge in [-0.05, 0) is 19.8 Å². The summed E-state index contributed by atoms with van der Waals surface area (Å²) in [6.07, 6.45) is 1.34. The number of carbonyl (C=O) groups excluding carboxylic acids is 1. The third-order valence-electron chi connectivity index (χ3n) is 3.35. The van der Waals surface area contributed by atoms with Crippen molar-refractivity contribution >= 4 is 15.9 Å². The van der Waals surface area contributed by atoms with E-state index in [-0.39, 0.29) is 24.2 Å². The zero-order valence-electron chi connectivity index (χ0n) is 12.2.